The molecule has 0 aliphatic carbocycles. The molecule has 4 aromatic carbocycles. The van der Waals surface area contributed by atoms with Gasteiger partial charge in [0.1, 0.15) is 11.5 Å². The summed E-state index contributed by atoms with van der Waals surface area (Å²) in [6, 6.07) is 24.9. The quantitative estimate of drug-likeness (QED) is 0.105. The van der Waals surface area contributed by atoms with Crippen LogP contribution in [0.25, 0.3) is 0 Å². The van der Waals surface area contributed by atoms with Crippen LogP contribution in [0.2, 0.25) is 10.0 Å². The molecule has 4 heterocycles. The molecule has 2 aromatic heterocycles. The van der Waals surface area contributed by atoms with Crippen molar-refractivity contribution in [1.29, 1.82) is 0 Å². The summed E-state index contributed by atoms with van der Waals surface area (Å²) in [4.78, 5) is 33.9. The van der Waals surface area contributed by atoms with E-state index in [0.29, 0.717) is 107 Å². The Morgan fingerprint density at radius 1 is 0.576 bits per heavy atom. The van der Waals surface area contributed by atoms with Crippen LogP contribution >= 0.6 is 45.9 Å². The first-order chi connectivity index (χ1) is 31.6. The number of aromatic nitrogens is 2. The summed E-state index contributed by atoms with van der Waals surface area (Å²) in [7, 11) is -7.04. The van der Waals surface area contributed by atoms with Gasteiger partial charge in [0.25, 0.3) is 11.8 Å². The highest BCUT2D eigenvalue weighted by Crippen LogP contribution is 2.31. The summed E-state index contributed by atoms with van der Waals surface area (Å²) in [5.74, 6) is -0.411. The number of nitrogens with one attached hydrogen (secondary N) is 2. The first-order valence-corrected chi connectivity index (χ1v) is 25.7. The van der Waals surface area contributed by atoms with Crippen LogP contribution < -0.4 is 20.1 Å². The Bertz CT molecular complexity index is 2610. The van der Waals surface area contributed by atoms with Gasteiger partial charge < -0.3 is 18.9 Å². The number of hydrogen-bond acceptors (Lipinski definition) is 14. The van der Waals surface area contributed by atoms with E-state index in [1.807, 2.05) is 0 Å². The van der Waals surface area contributed by atoms with Crippen LogP contribution in [0.5, 0.6) is 11.5 Å². The molecule has 2 amide bonds. The SMILES string of the molecule is O=C(Nc1ncc(F)s1)C(Oc1ccc(Cl)cc1)c1ccc(S(=O)(=O)C2CCOCC2)cc1.O=C(Nc1ncc(F)s1)C(Oc1ccc(Cl)cc1)c1ccc(S(=O)(=O)C2CCOCC2)cc1. The van der Waals surface area contributed by atoms with E-state index in [1.54, 1.807) is 48.5 Å². The fraction of sp³-hybridized carbons (Fsp3) is 0.273. The Hall–Kier alpha value is -5.06. The van der Waals surface area contributed by atoms with Crippen molar-refractivity contribution < 1.29 is 54.2 Å². The molecule has 2 saturated heterocycles. The van der Waals surface area contributed by atoms with E-state index in [4.69, 9.17) is 42.1 Å². The van der Waals surface area contributed by atoms with E-state index in [0.717, 1.165) is 12.4 Å². The number of benzene rings is 4. The molecular formula is C44H40Cl2F2N4O10S4. The summed E-state index contributed by atoms with van der Waals surface area (Å²) < 4.78 is 101. The number of anilines is 2. The molecule has 6 aromatic rings. The number of thiazole rings is 2. The monoisotopic (exact) mass is 1020 g/mol. The molecule has 0 spiro atoms. The molecule has 8 rings (SSSR count). The molecule has 2 aliphatic heterocycles. The maximum atomic E-state index is 13.3. The molecule has 0 radical (unpaired) electrons. The van der Waals surface area contributed by atoms with E-state index >= 15 is 0 Å². The van der Waals surface area contributed by atoms with Crippen LogP contribution in [-0.4, -0.2) is 75.5 Å². The lowest BCUT2D eigenvalue weighted by Gasteiger charge is -2.23. The smallest absolute Gasteiger partial charge is 0.271 e. The van der Waals surface area contributed by atoms with Gasteiger partial charge in [-0.2, -0.15) is 8.78 Å². The van der Waals surface area contributed by atoms with Gasteiger partial charge in [-0.05, 0) is 98.5 Å². The molecular weight excluding hydrogens is 982 g/mol. The number of amides is 2. The molecule has 2 fully saturated rings. The summed E-state index contributed by atoms with van der Waals surface area (Å²) in [5, 5.41) is 4.17. The van der Waals surface area contributed by atoms with Crippen LogP contribution in [0, 0.1) is 10.3 Å². The number of nitrogens with zero attached hydrogens (tertiary/aromatic N) is 2. The number of ether oxygens (including phenoxy) is 4. The summed E-state index contributed by atoms with van der Waals surface area (Å²) in [5.41, 5.74) is 0.843. The van der Waals surface area contributed by atoms with Gasteiger partial charge in [-0.3, -0.25) is 20.2 Å². The second kappa shape index (κ2) is 22.2. The summed E-state index contributed by atoms with van der Waals surface area (Å²) in [6.07, 6.45) is 1.50. The van der Waals surface area contributed by atoms with Crippen molar-refractivity contribution in [2.75, 3.05) is 37.1 Å². The fourth-order valence-electron chi connectivity index (χ4n) is 6.83. The third kappa shape index (κ3) is 12.7. The van der Waals surface area contributed by atoms with Gasteiger partial charge in [0.05, 0.1) is 32.7 Å². The zero-order chi connectivity index (χ0) is 46.8. The maximum Gasteiger partial charge on any atom is 0.271 e. The Kier molecular flexibility index (Phi) is 16.4. The van der Waals surface area contributed by atoms with Crippen molar-refractivity contribution >= 4 is 87.6 Å². The van der Waals surface area contributed by atoms with Crippen LogP contribution in [0.1, 0.15) is 49.0 Å². The minimum Gasteiger partial charge on any atom is -0.476 e. The Balaban J connectivity index is 0.000000196. The predicted molar refractivity (Wildman–Crippen MR) is 246 cm³/mol. The molecule has 22 heteroatoms. The Labute approximate surface area is 397 Å². The van der Waals surface area contributed by atoms with Crippen molar-refractivity contribution in [2.24, 2.45) is 0 Å². The van der Waals surface area contributed by atoms with E-state index < -0.39 is 64.5 Å². The van der Waals surface area contributed by atoms with Crippen LogP contribution in [0.3, 0.4) is 0 Å². The lowest BCUT2D eigenvalue weighted by atomic mass is 10.1. The number of hydrogen-bond donors (Lipinski definition) is 2. The first kappa shape index (κ1) is 48.9. The average molecular weight is 1020 g/mol. The lowest BCUT2D eigenvalue weighted by molar-refractivity contribution is -0.123. The van der Waals surface area contributed by atoms with Crippen molar-refractivity contribution in [2.45, 2.75) is 58.2 Å². The minimum absolute atomic E-state index is 0.0842. The third-order valence-corrected chi connectivity index (χ3v) is 16.7. The van der Waals surface area contributed by atoms with E-state index in [2.05, 4.69) is 20.6 Å². The Morgan fingerprint density at radius 3 is 1.21 bits per heavy atom. The average Bonchev–Trinajstić information content (AvgIpc) is 3.94. The molecule has 0 saturated carbocycles. The molecule has 2 unspecified atom stereocenters. The van der Waals surface area contributed by atoms with Gasteiger partial charge in [0, 0.05) is 47.6 Å². The molecule has 0 bridgehead atoms. The van der Waals surface area contributed by atoms with Gasteiger partial charge in [-0.15, -0.1) is 0 Å². The number of rotatable bonds is 14. The molecule has 2 N–H and O–H groups in total. The first-order valence-electron chi connectivity index (χ1n) is 20.2. The van der Waals surface area contributed by atoms with E-state index in [-0.39, 0.29) is 20.1 Å². The van der Waals surface area contributed by atoms with Crippen LogP contribution in [0.4, 0.5) is 19.0 Å². The number of carbonyl (C=O) groups excluding carboxylic acids is 2. The Morgan fingerprint density at radius 2 is 0.909 bits per heavy atom. The van der Waals surface area contributed by atoms with Gasteiger partial charge in [-0.25, -0.2) is 26.8 Å². The second-order valence-electron chi connectivity index (χ2n) is 14.7. The van der Waals surface area contributed by atoms with Gasteiger partial charge in [-0.1, -0.05) is 70.1 Å². The molecule has 66 heavy (non-hydrogen) atoms. The second-order valence-corrected chi connectivity index (χ2v) is 22.0. The number of sulfone groups is 2. The van der Waals surface area contributed by atoms with Crippen molar-refractivity contribution in [3.63, 3.8) is 0 Å². The van der Waals surface area contributed by atoms with Crippen molar-refractivity contribution in [1.82, 2.24) is 9.97 Å². The summed E-state index contributed by atoms with van der Waals surface area (Å²) >= 11 is 13.2. The van der Waals surface area contributed by atoms with E-state index in [9.17, 15) is 35.2 Å². The van der Waals surface area contributed by atoms with Crippen molar-refractivity contribution in [3.8, 4) is 11.5 Å². The zero-order valence-corrected chi connectivity index (χ0v) is 39.3. The highest BCUT2D eigenvalue weighted by atomic mass is 35.5. The number of carbonyl (C=O) groups is 2. The topological polar surface area (TPSA) is 189 Å². The van der Waals surface area contributed by atoms with Crippen molar-refractivity contribution in [3.05, 3.63) is 141 Å². The van der Waals surface area contributed by atoms with Crippen LogP contribution in [0.15, 0.2) is 119 Å². The zero-order valence-electron chi connectivity index (χ0n) is 34.5. The van der Waals surface area contributed by atoms with Gasteiger partial charge in [0.15, 0.2) is 40.2 Å². The third-order valence-electron chi connectivity index (χ3n) is 10.3. The maximum absolute atomic E-state index is 13.3. The minimum atomic E-state index is -3.52. The van der Waals surface area contributed by atoms with Gasteiger partial charge in [0.2, 0.25) is 12.2 Å². The summed E-state index contributed by atoms with van der Waals surface area (Å²) in [6.45, 7) is 1.65. The number of halogens is 4. The molecule has 2 atom stereocenters. The normalized spacial score (nSPS) is 15.7. The standard InChI is InChI=1S/2C22H20ClFN2O5S2/c2*23-15-3-5-16(6-4-15)31-20(21(27)26-22-25-13-19(24)32-22)14-1-7-17(8-2-14)33(28,29)18-9-11-30-12-10-18/h2*1-8,13,18,20H,9-12H2,(H,25,26,27). The van der Waals surface area contributed by atoms with Crippen LogP contribution in [-0.2, 0) is 38.7 Å². The predicted octanol–water partition coefficient (Wildman–Crippen LogP) is 9.29. The molecule has 348 valence electrons. The highest BCUT2D eigenvalue weighted by molar-refractivity contribution is 7.92. The lowest BCUT2D eigenvalue weighted by Crippen LogP contribution is -2.29. The largest absolute Gasteiger partial charge is 0.476 e. The van der Waals surface area contributed by atoms with Gasteiger partial charge >= 0.3 is 0 Å². The highest BCUT2D eigenvalue weighted by Gasteiger charge is 2.32. The van der Waals surface area contributed by atoms with E-state index in [1.165, 1.54) is 48.5 Å². The molecule has 2 aliphatic rings. The molecule has 14 nitrogen and oxygen atoms in total. The fourth-order valence-corrected chi connectivity index (χ4v) is 11.6.